The molecule has 3 nitrogen and oxygen atoms in total. The lowest BCUT2D eigenvalue weighted by molar-refractivity contribution is -0.143. The van der Waals surface area contributed by atoms with Crippen LogP contribution in [-0.4, -0.2) is 24.1 Å². The number of fused-ring (bicyclic) bond motifs is 1. The summed E-state index contributed by atoms with van der Waals surface area (Å²) >= 11 is 0. The summed E-state index contributed by atoms with van der Waals surface area (Å²) in [6.07, 6.45) is 1.91. The van der Waals surface area contributed by atoms with Gasteiger partial charge in [0.05, 0.1) is 6.54 Å². The fraction of sp³-hybridized carbons (Fsp3) is 0.429. The number of aromatic nitrogens is 1. The van der Waals surface area contributed by atoms with Crippen molar-refractivity contribution in [3.63, 3.8) is 0 Å². The van der Waals surface area contributed by atoms with Crippen molar-refractivity contribution in [2.45, 2.75) is 26.7 Å². The first-order chi connectivity index (χ1) is 8.35. The maximum atomic E-state index is 5.56. The van der Waals surface area contributed by atoms with Crippen LogP contribution < -0.4 is 0 Å². The van der Waals surface area contributed by atoms with Crippen LogP contribution in [0.3, 0.4) is 0 Å². The third kappa shape index (κ3) is 2.87. The van der Waals surface area contributed by atoms with E-state index in [-0.39, 0.29) is 6.29 Å². The van der Waals surface area contributed by atoms with Gasteiger partial charge in [0, 0.05) is 24.9 Å². The van der Waals surface area contributed by atoms with Gasteiger partial charge in [0.2, 0.25) is 0 Å². The highest BCUT2D eigenvalue weighted by atomic mass is 16.7. The van der Waals surface area contributed by atoms with Gasteiger partial charge in [-0.15, -0.1) is 0 Å². The van der Waals surface area contributed by atoms with Crippen LogP contribution in [0.5, 0.6) is 0 Å². The molecule has 0 aliphatic heterocycles. The molecular formula is C14H19NO2. The monoisotopic (exact) mass is 233 g/mol. The van der Waals surface area contributed by atoms with Gasteiger partial charge in [0.1, 0.15) is 0 Å². The standard InChI is InChI=1S/C14H19NO2/c1-3-16-14(17-4-2)11-15-10-9-12-7-5-6-8-13(12)15/h5-10,14H,3-4,11H2,1-2H3. The van der Waals surface area contributed by atoms with Crippen molar-refractivity contribution in [2.24, 2.45) is 0 Å². The zero-order chi connectivity index (χ0) is 12.1. The molecular weight excluding hydrogens is 214 g/mol. The van der Waals surface area contributed by atoms with E-state index < -0.39 is 0 Å². The first-order valence-corrected chi connectivity index (χ1v) is 6.12. The van der Waals surface area contributed by atoms with E-state index in [2.05, 4.69) is 41.1 Å². The van der Waals surface area contributed by atoms with Crippen molar-refractivity contribution < 1.29 is 9.47 Å². The Morgan fingerprint density at radius 2 is 1.76 bits per heavy atom. The minimum absolute atomic E-state index is 0.166. The average molecular weight is 233 g/mol. The largest absolute Gasteiger partial charge is 0.351 e. The summed E-state index contributed by atoms with van der Waals surface area (Å²) in [4.78, 5) is 0. The molecule has 2 rings (SSSR count). The van der Waals surface area contributed by atoms with Gasteiger partial charge in [0.25, 0.3) is 0 Å². The molecule has 3 heteroatoms. The maximum absolute atomic E-state index is 5.56. The van der Waals surface area contributed by atoms with E-state index in [4.69, 9.17) is 9.47 Å². The van der Waals surface area contributed by atoms with Crippen molar-refractivity contribution in [2.75, 3.05) is 13.2 Å². The van der Waals surface area contributed by atoms with Gasteiger partial charge in [-0.3, -0.25) is 0 Å². The van der Waals surface area contributed by atoms with Crippen LogP contribution in [-0.2, 0) is 16.0 Å². The lowest BCUT2D eigenvalue weighted by atomic mass is 10.2. The van der Waals surface area contributed by atoms with E-state index in [0.29, 0.717) is 13.2 Å². The molecule has 17 heavy (non-hydrogen) atoms. The van der Waals surface area contributed by atoms with Crippen LogP contribution >= 0.6 is 0 Å². The van der Waals surface area contributed by atoms with Gasteiger partial charge in [-0.2, -0.15) is 0 Å². The molecule has 0 N–H and O–H groups in total. The number of hydrogen-bond acceptors (Lipinski definition) is 2. The number of ether oxygens (including phenoxy) is 2. The van der Waals surface area contributed by atoms with Crippen LogP contribution in [0.4, 0.5) is 0 Å². The van der Waals surface area contributed by atoms with E-state index in [0.717, 1.165) is 6.54 Å². The minimum Gasteiger partial charge on any atom is -0.351 e. The molecule has 0 bridgehead atoms. The molecule has 0 saturated heterocycles. The molecule has 0 fully saturated rings. The Bertz CT molecular complexity index is 458. The van der Waals surface area contributed by atoms with Crippen LogP contribution in [0, 0.1) is 0 Å². The maximum Gasteiger partial charge on any atom is 0.175 e. The summed E-state index contributed by atoms with van der Waals surface area (Å²) in [6.45, 7) is 6.04. The first kappa shape index (κ1) is 12.1. The van der Waals surface area contributed by atoms with Gasteiger partial charge in [0.15, 0.2) is 6.29 Å². The van der Waals surface area contributed by atoms with E-state index in [1.807, 2.05) is 13.8 Å². The highest BCUT2D eigenvalue weighted by molar-refractivity contribution is 5.79. The summed E-state index contributed by atoms with van der Waals surface area (Å²) in [5.41, 5.74) is 1.22. The number of nitrogens with zero attached hydrogens (tertiary/aromatic N) is 1. The van der Waals surface area contributed by atoms with E-state index in [1.165, 1.54) is 10.9 Å². The number of hydrogen-bond donors (Lipinski definition) is 0. The Kier molecular flexibility index (Phi) is 4.18. The van der Waals surface area contributed by atoms with Crippen LogP contribution in [0.15, 0.2) is 36.5 Å². The summed E-state index contributed by atoms with van der Waals surface area (Å²) < 4.78 is 13.3. The Labute approximate surface area is 102 Å². The molecule has 0 aliphatic carbocycles. The summed E-state index contributed by atoms with van der Waals surface area (Å²) in [7, 11) is 0. The Hall–Kier alpha value is -1.32. The second kappa shape index (κ2) is 5.84. The van der Waals surface area contributed by atoms with Gasteiger partial charge >= 0.3 is 0 Å². The third-order valence-electron chi connectivity index (χ3n) is 2.73. The van der Waals surface area contributed by atoms with Gasteiger partial charge in [-0.1, -0.05) is 18.2 Å². The summed E-state index contributed by atoms with van der Waals surface area (Å²) in [6, 6.07) is 10.4. The predicted molar refractivity (Wildman–Crippen MR) is 69.0 cm³/mol. The predicted octanol–water partition coefficient (Wildman–Crippen LogP) is 3.04. The lowest BCUT2D eigenvalue weighted by Gasteiger charge is -2.18. The molecule has 1 aromatic heterocycles. The molecule has 0 amide bonds. The molecule has 0 atom stereocenters. The molecule has 92 valence electrons. The SMILES string of the molecule is CCOC(Cn1ccc2ccccc21)OCC. The second-order valence-electron chi connectivity index (χ2n) is 3.87. The topological polar surface area (TPSA) is 23.4 Å². The molecule has 1 aromatic carbocycles. The molecule has 0 spiro atoms. The lowest BCUT2D eigenvalue weighted by Crippen LogP contribution is -2.23. The highest BCUT2D eigenvalue weighted by Crippen LogP contribution is 2.16. The second-order valence-corrected chi connectivity index (χ2v) is 3.87. The first-order valence-electron chi connectivity index (χ1n) is 6.12. The van der Waals surface area contributed by atoms with Gasteiger partial charge in [-0.25, -0.2) is 0 Å². The molecule has 2 aromatic rings. The number of rotatable bonds is 6. The summed E-state index contributed by atoms with van der Waals surface area (Å²) in [5, 5.41) is 1.25. The van der Waals surface area contributed by atoms with Crippen molar-refractivity contribution >= 4 is 10.9 Å². The fourth-order valence-corrected chi connectivity index (χ4v) is 1.99. The molecule has 1 heterocycles. The summed E-state index contributed by atoms with van der Waals surface area (Å²) in [5.74, 6) is 0. The van der Waals surface area contributed by atoms with Crippen molar-refractivity contribution in [1.29, 1.82) is 0 Å². The Morgan fingerprint density at radius 1 is 1.06 bits per heavy atom. The van der Waals surface area contributed by atoms with Crippen LogP contribution in [0.2, 0.25) is 0 Å². The van der Waals surface area contributed by atoms with E-state index in [1.54, 1.807) is 0 Å². The van der Waals surface area contributed by atoms with Crippen molar-refractivity contribution in [3.8, 4) is 0 Å². The Morgan fingerprint density at radius 3 is 2.47 bits per heavy atom. The highest BCUT2D eigenvalue weighted by Gasteiger charge is 2.10. The van der Waals surface area contributed by atoms with Gasteiger partial charge < -0.3 is 14.0 Å². The van der Waals surface area contributed by atoms with Crippen molar-refractivity contribution in [1.82, 2.24) is 4.57 Å². The van der Waals surface area contributed by atoms with Crippen LogP contribution in [0.25, 0.3) is 10.9 Å². The number of para-hydroxylation sites is 1. The minimum atomic E-state index is -0.166. The van der Waals surface area contributed by atoms with E-state index >= 15 is 0 Å². The smallest absolute Gasteiger partial charge is 0.175 e. The molecule has 0 radical (unpaired) electrons. The molecule has 0 aliphatic rings. The average Bonchev–Trinajstić information content (AvgIpc) is 2.74. The normalized spacial score (nSPS) is 11.5. The van der Waals surface area contributed by atoms with Crippen LogP contribution in [0.1, 0.15) is 13.8 Å². The zero-order valence-corrected chi connectivity index (χ0v) is 10.4. The van der Waals surface area contributed by atoms with E-state index in [9.17, 15) is 0 Å². The zero-order valence-electron chi connectivity index (χ0n) is 10.4. The third-order valence-corrected chi connectivity index (χ3v) is 2.73. The number of benzene rings is 1. The quantitative estimate of drug-likeness (QED) is 0.716. The van der Waals surface area contributed by atoms with Crippen molar-refractivity contribution in [3.05, 3.63) is 36.5 Å². The Balaban J connectivity index is 2.15. The van der Waals surface area contributed by atoms with Gasteiger partial charge in [-0.05, 0) is 31.4 Å². The fourth-order valence-electron chi connectivity index (χ4n) is 1.99. The molecule has 0 unspecified atom stereocenters. The molecule has 0 saturated carbocycles.